The van der Waals surface area contributed by atoms with E-state index < -0.39 is 60.4 Å². The van der Waals surface area contributed by atoms with Gasteiger partial charge in [0.1, 0.15) is 12.1 Å². The maximum atomic E-state index is 14.0. The Balaban J connectivity index is 1.59. The van der Waals surface area contributed by atoms with E-state index in [4.69, 9.17) is 5.11 Å². The van der Waals surface area contributed by atoms with E-state index in [2.05, 4.69) is 10.6 Å². The van der Waals surface area contributed by atoms with Crippen LogP contribution in [0.15, 0.2) is 42.5 Å². The molecule has 1 aliphatic carbocycles. The van der Waals surface area contributed by atoms with Crippen LogP contribution in [0.25, 0.3) is 10.8 Å². The highest BCUT2D eigenvalue weighted by atomic mass is 16.4. The van der Waals surface area contributed by atoms with Gasteiger partial charge >= 0.3 is 5.97 Å². The summed E-state index contributed by atoms with van der Waals surface area (Å²) in [6.45, 7) is 2.99. The first-order valence-corrected chi connectivity index (χ1v) is 13.0. The molecule has 2 saturated heterocycles. The molecule has 2 aromatic carbocycles. The third kappa shape index (κ3) is 5.51. The third-order valence-electron chi connectivity index (χ3n) is 7.72. The highest BCUT2D eigenvalue weighted by Crippen LogP contribution is 2.43. The SMILES string of the molecule is CC(C)[C@H](NC(=O)c1ccc2ccccc2c1)C(=O)N1C2CCC(O)(CC2)[C@H]1C(=O)N[C@H](CO)CC(=O)O. The van der Waals surface area contributed by atoms with E-state index in [9.17, 15) is 29.4 Å². The molecule has 1 saturated carbocycles. The van der Waals surface area contributed by atoms with Gasteiger partial charge in [0.15, 0.2) is 0 Å². The van der Waals surface area contributed by atoms with Crippen molar-refractivity contribution >= 4 is 34.5 Å². The summed E-state index contributed by atoms with van der Waals surface area (Å²) in [6, 6.07) is 9.33. The van der Waals surface area contributed by atoms with Crippen molar-refractivity contribution in [3.63, 3.8) is 0 Å². The Bertz CT molecular complexity index is 1220. The van der Waals surface area contributed by atoms with E-state index in [1.807, 2.05) is 30.3 Å². The van der Waals surface area contributed by atoms with Crippen molar-refractivity contribution in [1.29, 1.82) is 0 Å². The third-order valence-corrected chi connectivity index (χ3v) is 7.72. The minimum atomic E-state index is -1.48. The van der Waals surface area contributed by atoms with Crippen LogP contribution in [0.1, 0.15) is 56.3 Å². The minimum Gasteiger partial charge on any atom is -0.481 e. The molecule has 3 atom stereocenters. The molecule has 0 radical (unpaired) electrons. The molecule has 0 aromatic heterocycles. The Morgan fingerprint density at radius 3 is 2.29 bits per heavy atom. The molecule has 38 heavy (non-hydrogen) atoms. The van der Waals surface area contributed by atoms with Crippen LogP contribution >= 0.6 is 0 Å². The molecular formula is C28H35N3O7. The normalized spacial score (nSPS) is 24.2. The molecule has 3 aliphatic rings. The van der Waals surface area contributed by atoms with Gasteiger partial charge in [-0.15, -0.1) is 0 Å². The predicted octanol–water partition coefficient (Wildman–Crippen LogP) is 1.43. The first kappa shape index (κ1) is 27.5. The van der Waals surface area contributed by atoms with E-state index in [1.54, 1.807) is 26.0 Å². The summed E-state index contributed by atoms with van der Waals surface area (Å²) in [4.78, 5) is 53.1. The van der Waals surface area contributed by atoms with Crippen LogP contribution in [0, 0.1) is 5.92 Å². The summed E-state index contributed by atoms with van der Waals surface area (Å²) in [5.41, 5.74) is -1.09. The monoisotopic (exact) mass is 525 g/mol. The number of nitrogens with one attached hydrogen (secondary N) is 2. The molecule has 2 aromatic rings. The lowest BCUT2D eigenvalue weighted by molar-refractivity contribution is -0.180. The van der Waals surface area contributed by atoms with Gasteiger partial charge in [0, 0.05) is 11.6 Å². The summed E-state index contributed by atoms with van der Waals surface area (Å²) in [5, 5.41) is 37.3. The van der Waals surface area contributed by atoms with Gasteiger partial charge < -0.3 is 30.9 Å². The van der Waals surface area contributed by atoms with Gasteiger partial charge in [0.05, 0.1) is 24.7 Å². The molecule has 0 spiro atoms. The van der Waals surface area contributed by atoms with Crippen LogP contribution in [-0.2, 0) is 14.4 Å². The number of carbonyl (C=O) groups excluding carboxylic acids is 3. The van der Waals surface area contributed by atoms with Crippen LogP contribution in [0.2, 0.25) is 0 Å². The van der Waals surface area contributed by atoms with Crippen molar-refractivity contribution in [2.24, 2.45) is 5.92 Å². The molecule has 0 unspecified atom stereocenters. The lowest BCUT2D eigenvalue weighted by atomic mass is 9.70. The Kier molecular flexibility index (Phi) is 8.03. The van der Waals surface area contributed by atoms with E-state index in [0.717, 1.165) is 10.8 Å². The Hall–Kier alpha value is -3.50. The van der Waals surface area contributed by atoms with Gasteiger partial charge in [0.25, 0.3) is 5.91 Å². The largest absolute Gasteiger partial charge is 0.481 e. The zero-order chi connectivity index (χ0) is 27.6. The van der Waals surface area contributed by atoms with Gasteiger partial charge in [0.2, 0.25) is 11.8 Å². The average Bonchev–Trinajstić information content (AvgIpc) is 2.89. The quantitative estimate of drug-likeness (QED) is 0.332. The number of nitrogens with zero attached hydrogens (tertiary/aromatic N) is 1. The molecule has 3 amide bonds. The van der Waals surface area contributed by atoms with E-state index in [0.29, 0.717) is 31.2 Å². The number of amides is 3. The Morgan fingerprint density at radius 1 is 1.03 bits per heavy atom. The minimum absolute atomic E-state index is 0.307. The lowest BCUT2D eigenvalue weighted by Crippen LogP contribution is -2.73. The summed E-state index contributed by atoms with van der Waals surface area (Å²) in [5.74, 6) is -3.13. The van der Waals surface area contributed by atoms with Crippen LogP contribution < -0.4 is 10.6 Å². The highest BCUT2D eigenvalue weighted by molar-refractivity contribution is 6.01. The summed E-state index contributed by atoms with van der Waals surface area (Å²) in [6.07, 6.45) is 1.15. The Morgan fingerprint density at radius 2 is 1.68 bits per heavy atom. The second kappa shape index (κ2) is 11.1. The maximum absolute atomic E-state index is 14.0. The number of aliphatic carboxylic acids is 1. The number of hydrogen-bond acceptors (Lipinski definition) is 6. The molecule has 204 valence electrons. The number of benzene rings is 2. The van der Waals surface area contributed by atoms with Crippen LogP contribution in [0.4, 0.5) is 0 Å². The van der Waals surface area contributed by atoms with Gasteiger partial charge in [-0.2, -0.15) is 0 Å². The number of carbonyl (C=O) groups is 4. The van der Waals surface area contributed by atoms with Crippen LogP contribution in [-0.4, -0.2) is 80.3 Å². The fourth-order valence-corrected chi connectivity index (χ4v) is 5.68. The van der Waals surface area contributed by atoms with E-state index in [-0.39, 0.29) is 12.0 Å². The molecule has 3 fully saturated rings. The second-order valence-electron chi connectivity index (χ2n) is 10.7. The zero-order valence-electron chi connectivity index (χ0n) is 21.6. The first-order valence-electron chi connectivity index (χ1n) is 13.0. The molecule has 2 bridgehead atoms. The van der Waals surface area contributed by atoms with E-state index in [1.165, 1.54) is 4.90 Å². The van der Waals surface area contributed by atoms with Crippen molar-refractivity contribution in [1.82, 2.24) is 15.5 Å². The zero-order valence-corrected chi connectivity index (χ0v) is 21.6. The standard InChI is InChI=1S/C28H35N3O7/c1-16(2)23(30-25(35)19-8-7-17-5-3-4-6-18(17)13-19)27(37)31-21-9-11-28(38,12-10-21)24(31)26(36)29-20(15-32)14-22(33)34/h3-8,13,16,20-21,23-24,32,38H,9-12,14-15H2,1-2H3,(H,29,36)(H,30,35)(H,33,34)/t20-,21?,23-,24+,28?/m0/s1. The lowest BCUT2D eigenvalue weighted by Gasteiger charge is -2.55. The van der Waals surface area contributed by atoms with Crippen LogP contribution in [0.3, 0.4) is 0 Å². The van der Waals surface area contributed by atoms with Gasteiger partial charge in [-0.1, -0.05) is 44.2 Å². The topological polar surface area (TPSA) is 156 Å². The molecule has 10 nitrogen and oxygen atoms in total. The van der Waals surface area contributed by atoms with Crippen molar-refractivity contribution in [3.05, 3.63) is 48.0 Å². The van der Waals surface area contributed by atoms with Crippen molar-refractivity contribution in [2.75, 3.05) is 6.61 Å². The maximum Gasteiger partial charge on any atom is 0.305 e. The van der Waals surface area contributed by atoms with Gasteiger partial charge in [-0.25, -0.2) is 0 Å². The van der Waals surface area contributed by atoms with Gasteiger partial charge in [-0.3, -0.25) is 19.2 Å². The van der Waals surface area contributed by atoms with Gasteiger partial charge in [-0.05, 0) is 54.5 Å². The van der Waals surface area contributed by atoms with Crippen LogP contribution in [0.5, 0.6) is 0 Å². The average molecular weight is 526 g/mol. The van der Waals surface area contributed by atoms with Crippen molar-refractivity contribution in [3.8, 4) is 0 Å². The number of fused-ring (bicyclic) bond motifs is 4. The number of piperidine rings is 2. The Labute approximate surface area is 221 Å². The summed E-state index contributed by atoms with van der Waals surface area (Å²) >= 11 is 0. The molecular weight excluding hydrogens is 490 g/mol. The highest BCUT2D eigenvalue weighted by Gasteiger charge is 2.57. The molecule has 5 N–H and O–H groups in total. The van der Waals surface area contributed by atoms with E-state index >= 15 is 0 Å². The molecule has 2 heterocycles. The number of aliphatic hydroxyl groups is 2. The molecule has 5 rings (SSSR count). The molecule has 10 heteroatoms. The fourth-order valence-electron chi connectivity index (χ4n) is 5.68. The fraction of sp³-hybridized carbons (Fsp3) is 0.500. The smallest absolute Gasteiger partial charge is 0.305 e. The summed E-state index contributed by atoms with van der Waals surface area (Å²) < 4.78 is 0. The molecule has 2 aliphatic heterocycles. The number of aliphatic hydroxyl groups excluding tert-OH is 1. The second-order valence-corrected chi connectivity index (χ2v) is 10.7. The number of carboxylic acids is 1. The summed E-state index contributed by atoms with van der Waals surface area (Å²) in [7, 11) is 0. The number of rotatable bonds is 9. The predicted molar refractivity (Wildman–Crippen MR) is 139 cm³/mol. The van der Waals surface area contributed by atoms with Crippen molar-refractivity contribution in [2.45, 2.75) is 75.7 Å². The first-order chi connectivity index (χ1) is 18.0. The van der Waals surface area contributed by atoms with Crippen molar-refractivity contribution < 1.29 is 34.5 Å². The number of carboxylic acid groups (broad SMARTS) is 1. The number of hydrogen-bond donors (Lipinski definition) is 5.